The van der Waals surface area contributed by atoms with E-state index in [1.54, 1.807) is 4.90 Å². The summed E-state index contributed by atoms with van der Waals surface area (Å²) in [6.07, 6.45) is -1.48. The average Bonchev–Trinajstić information content (AvgIpc) is 3.57. The number of rotatable bonds is 3. The highest BCUT2D eigenvalue weighted by atomic mass is 19.4. The summed E-state index contributed by atoms with van der Waals surface area (Å²) in [5.41, 5.74) is 0.440. The van der Waals surface area contributed by atoms with Crippen LogP contribution in [-0.4, -0.2) is 47.8 Å². The minimum absolute atomic E-state index is 0.00780. The van der Waals surface area contributed by atoms with Gasteiger partial charge in [0.05, 0.1) is 30.2 Å². The molecule has 1 unspecified atom stereocenters. The van der Waals surface area contributed by atoms with Crippen LogP contribution < -0.4 is 9.47 Å². The lowest BCUT2D eigenvalue weighted by atomic mass is 9.86. The number of hydrogen-bond acceptors (Lipinski definition) is 4. The maximum absolute atomic E-state index is 13.8. The summed E-state index contributed by atoms with van der Waals surface area (Å²) in [7, 11) is 0. The predicted octanol–water partition coefficient (Wildman–Crippen LogP) is 5.19. The van der Waals surface area contributed by atoms with E-state index in [4.69, 9.17) is 14.2 Å². The van der Waals surface area contributed by atoms with Crippen LogP contribution >= 0.6 is 0 Å². The topological polar surface area (TPSA) is 52.9 Å². The SMILES string of the molecule is O=C(c1ccc(OC2CCOC2)c(C(F)(F)F)c1)N1CCC2(CC1)Oc1ccccc1-n1cccc12. The van der Waals surface area contributed by atoms with Crippen molar-refractivity contribution in [2.24, 2.45) is 0 Å². The lowest BCUT2D eigenvalue weighted by molar-refractivity contribution is -0.139. The molecular weight excluding hydrogens is 473 g/mol. The van der Waals surface area contributed by atoms with Crippen molar-refractivity contribution in [1.82, 2.24) is 9.47 Å². The van der Waals surface area contributed by atoms with Crippen molar-refractivity contribution >= 4 is 5.91 Å². The van der Waals surface area contributed by atoms with E-state index in [0.29, 0.717) is 39.0 Å². The van der Waals surface area contributed by atoms with Gasteiger partial charge in [-0.15, -0.1) is 0 Å². The number of benzene rings is 2. The van der Waals surface area contributed by atoms with E-state index < -0.39 is 29.4 Å². The molecule has 9 heteroatoms. The van der Waals surface area contributed by atoms with Crippen LogP contribution in [0.15, 0.2) is 60.8 Å². The van der Waals surface area contributed by atoms with Crippen molar-refractivity contribution in [3.63, 3.8) is 0 Å². The summed E-state index contributed by atoms with van der Waals surface area (Å²) in [6, 6.07) is 15.4. The smallest absolute Gasteiger partial charge is 0.419 e. The molecule has 0 N–H and O–H groups in total. The molecule has 3 aliphatic heterocycles. The molecule has 0 bridgehead atoms. The number of hydrogen-bond donors (Lipinski definition) is 0. The van der Waals surface area contributed by atoms with E-state index in [1.165, 1.54) is 12.1 Å². The molecule has 2 fully saturated rings. The Bertz CT molecular complexity index is 1290. The minimum Gasteiger partial charge on any atom is -0.487 e. The van der Waals surface area contributed by atoms with Gasteiger partial charge < -0.3 is 23.7 Å². The number of aromatic nitrogens is 1. The quantitative estimate of drug-likeness (QED) is 0.499. The summed E-state index contributed by atoms with van der Waals surface area (Å²) in [4.78, 5) is 14.9. The first kappa shape index (κ1) is 23.0. The lowest BCUT2D eigenvalue weighted by Gasteiger charge is -2.45. The third kappa shape index (κ3) is 3.91. The predicted molar refractivity (Wildman–Crippen MR) is 125 cm³/mol. The zero-order chi connectivity index (χ0) is 24.9. The van der Waals surface area contributed by atoms with E-state index in [-0.39, 0.29) is 17.9 Å². The number of amides is 1. The third-order valence-electron chi connectivity index (χ3n) is 7.22. The van der Waals surface area contributed by atoms with Crippen molar-refractivity contribution in [1.29, 1.82) is 0 Å². The summed E-state index contributed by atoms with van der Waals surface area (Å²) < 4.78 is 60.8. The van der Waals surface area contributed by atoms with Crippen LogP contribution in [0.5, 0.6) is 11.5 Å². The van der Waals surface area contributed by atoms with Gasteiger partial charge in [0.25, 0.3) is 5.91 Å². The Morgan fingerprint density at radius 3 is 2.61 bits per heavy atom. The Kier molecular flexibility index (Phi) is 5.48. The van der Waals surface area contributed by atoms with Crippen LogP contribution in [0.4, 0.5) is 13.2 Å². The van der Waals surface area contributed by atoms with Gasteiger partial charge in [0, 0.05) is 44.1 Å². The number of likely N-dealkylation sites (tertiary alicyclic amines) is 1. The highest BCUT2D eigenvalue weighted by Crippen LogP contribution is 2.45. The molecule has 0 aliphatic carbocycles. The molecule has 36 heavy (non-hydrogen) atoms. The number of piperidine rings is 1. The number of carbonyl (C=O) groups is 1. The van der Waals surface area contributed by atoms with Crippen LogP contribution in [-0.2, 0) is 16.5 Å². The average molecular weight is 499 g/mol. The second kappa shape index (κ2) is 8.58. The van der Waals surface area contributed by atoms with Crippen molar-refractivity contribution < 1.29 is 32.2 Å². The molecule has 4 heterocycles. The molecular formula is C27H25F3N2O4. The van der Waals surface area contributed by atoms with Gasteiger partial charge in [0.1, 0.15) is 17.6 Å². The van der Waals surface area contributed by atoms with Crippen LogP contribution in [0.25, 0.3) is 5.69 Å². The second-order valence-corrected chi connectivity index (χ2v) is 9.43. The van der Waals surface area contributed by atoms with Crippen molar-refractivity contribution in [2.45, 2.75) is 37.1 Å². The first-order chi connectivity index (χ1) is 17.3. The Balaban J connectivity index is 1.22. The Labute approximate surface area is 206 Å². The Morgan fingerprint density at radius 1 is 1.06 bits per heavy atom. The molecule has 2 aromatic carbocycles. The molecule has 0 radical (unpaired) electrons. The summed E-state index contributed by atoms with van der Waals surface area (Å²) in [5, 5.41) is 0. The van der Waals surface area contributed by atoms with Crippen molar-refractivity contribution in [3.8, 4) is 17.2 Å². The number of para-hydroxylation sites is 2. The fraction of sp³-hybridized carbons (Fsp3) is 0.370. The number of ether oxygens (including phenoxy) is 3. The van der Waals surface area contributed by atoms with E-state index in [0.717, 1.165) is 23.2 Å². The Hall–Kier alpha value is -3.46. The van der Waals surface area contributed by atoms with Gasteiger partial charge in [-0.3, -0.25) is 4.79 Å². The Morgan fingerprint density at radius 2 is 1.86 bits per heavy atom. The normalized spacial score (nSPS) is 20.5. The molecule has 2 saturated heterocycles. The van der Waals surface area contributed by atoms with Crippen molar-refractivity contribution in [3.05, 3.63) is 77.6 Å². The van der Waals surface area contributed by atoms with E-state index >= 15 is 0 Å². The van der Waals surface area contributed by atoms with Crippen LogP contribution in [0.3, 0.4) is 0 Å². The maximum Gasteiger partial charge on any atom is 0.419 e. The molecule has 3 aliphatic rings. The maximum atomic E-state index is 13.8. The fourth-order valence-electron chi connectivity index (χ4n) is 5.35. The number of halogens is 3. The van der Waals surface area contributed by atoms with Gasteiger partial charge in [-0.2, -0.15) is 13.2 Å². The first-order valence-corrected chi connectivity index (χ1v) is 12.1. The molecule has 1 spiro atoms. The lowest BCUT2D eigenvalue weighted by Crippen LogP contribution is -2.50. The zero-order valence-electron chi connectivity index (χ0n) is 19.5. The molecule has 1 atom stereocenters. The van der Waals surface area contributed by atoms with Crippen LogP contribution in [0, 0.1) is 0 Å². The van der Waals surface area contributed by atoms with Gasteiger partial charge >= 0.3 is 6.18 Å². The fourth-order valence-corrected chi connectivity index (χ4v) is 5.35. The molecule has 1 amide bonds. The molecule has 1 aromatic heterocycles. The number of fused-ring (bicyclic) bond motifs is 4. The highest BCUT2D eigenvalue weighted by Gasteiger charge is 2.45. The zero-order valence-corrected chi connectivity index (χ0v) is 19.5. The van der Waals surface area contributed by atoms with Crippen LogP contribution in [0.1, 0.15) is 40.9 Å². The van der Waals surface area contributed by atoms with Gasteiger partial charge in [0.2, 0.25) is 0 Å². The molecule has 188 valence electrons. The van der Waals surface area contributed by atoms with Crippen LogP contribution in [0.2, 0.25) is 0 Å². The standard InChI is InChI=1S/C27H25F3N2O4/c28-27(29,30)20-16-18(7-8-22(20)35-19-9-15-34-17-19)25(33)31-13-10-26(11-14-31)24-6-3-12-32(24)21-4-1-2-5-23(21)36-26/h1-8,12,16,19H,9-11,13-15,17H2. The van der Waals surface area contributed by atoms with Crippen molar-refractivity contribution in [2.75, 3.05) is 26.3 Å². The summed E-state index contributed by atoms with van der Waals surface area (Å²) in [5.74, 6) is 0.0684. The minimum atomic E-state index is -4.65. The van der Waals surface area contributed by atoms with Gasteiger partial charge in [-0.1, -0.05) is 12.1 Å². The van der Waals surface area contributed by atoms with E-state index in [1.807, 2.05) is 42.6 Å². The first-order valence-electron chi connectivity index (χ1n) is 12.1. The summed E-state index contributed by atoms with van der Waals surface area (Å²) >= 11 is 0. The van der Waals surface area contributed by atoms with Gasteiger partial charge in [-0.25, -0.2) is 0 Å². The molecule has 6 rings (SSSR count). The molecule has 0 saturated carbocycles. The monoisotopic (exact) mass is 498 g/mol. The second-order valence-electron chi connectivity index (χ2n) is 9.43. The summed E-state index contributed by atoms with van der Waals surface area (Å²) in [6.45, 7) is 1.44. The van der Waals surface area contributed by atoms with Gasteiger partial charge in [0.15, 0.2) is 5.60 Å². The van der Waals surface area contributed by atoms with E-state index in [9.17, 15) is 18.0 Å². The van der Waals surface area contributed by atoms with E-state index in [2.05, 4.69) is 4.57 Å². The number of nitrogens with zero attached hydrogens (tertiary/aromatic N) is 2. The largest absolute Gasteiger partial charge is 0.487 e. The molecule has 3 aromatic rings. The molecule has 6 nitrogen and oxygen atoms in total. The third-order valence-corrected chi connectivity index (χ3v) is 7.22. The van der Waals surface area contributed by atoms with Gasteiger partial charge in [-0.05, 0) is 42.5 Å². The number of alkyl halides is 3. The number of carbonyl (C=O) groups excluding carboxylic acids is 1. The highest BCUT2D eigenvalue weighted by molar-refractivity contribution is 5.94.